The molecule has 0 aliphatic heterocycles. The van der Waals surface area contributed by atoms with Crippen LogP contribution in [0.4, 0.5) is 20.2 Å². The fraction of sp³-hybridized carbons (Fsp3) is 0.364. The normalized spacial score (nSPS) is 10.4. The van der Waals surface area contributed by atoms with Gasteiger partial charge < -0.3 is 10.1 Å². The number of methoxy groups -OCH3 is 1. The molecule has 104 valence electrons. The maximum Gasteiger partial charge on any atom is 0.338 e. The number of carbonyl (C=O) groups excluding carboxylic acids is 1. The molecule has 1 N–H and O–H groups in total. The number of nitrogens with one attached hydrogen (secondary N) is 1. The quantitative estimate of drug-likeness (QED) is 0.506. The number of alkyl halides is 2. The lowest BCUT2D eigenvalue weighted by atomic mass is 10.1. The van der Waals surface area contributed by atoms with Gasteiger partial charge in [-0.05, 0) is 19.1 Å². The van der Waals surface area contributed by atoms with Crippen LogP contribution in [0.25, 0.3) is 0 Å². The van der Waals surface area contributed by atoms with Crippen LogP contribution in [-0.4, -0.2) is 31.0 Å². The number of nitrogens with zero attached hydrogens (tertiary/aromatic N) is 1. The van der Waals surface area contributed by atoms with Crippen molar-refractivity contribution in [2.45, 2.75) is 13.3 Å². The lowest BCUT2D eigenvalue weighted by Gasteiger charge is -2.10. The SMILES string of the molecule is COC(=O)c1ccc(NCC(F)F)c([N+](=O)[O-])c1C. The fourth-order valence-corrected chi connectivity index (χ4v) is 1.60. The Bertz CT molecular complexity index is 506. The highest BCUT2D eigenvalue weighted by Crippen LogP contribution is 2.31. The number of esters is 1. The van der Waals surface area contributed by atoms with Gasteiger partial charge in [0.2, 0.25) is 0 Å². The van der Waals surface area contributed by atoms with Gasteiger partial charge in [0.05, 0.1) is 24.1 Å². The average molecular weight is 274 g/mol. The third-order valence-electron chi connectivity index (χ3n) is 2.47. The molecule has 0 aromatic heterocycles. The Labute approximate surface area is 107 Å². The Hall–Kier alpha value is -2.25. The maximum absolute atomic E-state index is 12.1. The largest absolute Gasteiger partial charge is 0.465 e. The molecule has 0 amide bonds. The van der Waals surface area contributed by atoms with Crippen LogP contribution in [0, 0.1) is 17.0 Å². The lowest BCUT2D eigenvalue weighted by molar-refractivity contribution is -0.384. The molecule has 0 fully saturated rings. The Morgan fingerprint density at radius 3 is 2.63 bits per heavy atom. The number of hydrogen-bond acceptors (Lipinski definition) is 5. The molecule has 0 aliphatic carbocycles. The van der Waals surface area contributed by atoms with Crippen LogP contribution < -0.4 is 5.32 Å². The van der Waals surface area contributed by atoms with Crippen molar-refractivity contribution >= 4 is 17.3 Å². The van der Waals surface area contributed by atoms with Gasteiger partial charge in [-0.1, -0.05) is 0 Å². The number of rotatable bonds is 5. The molecule has 0 spiro atoms. The number of hydrogen-bond donors (Lipinski definition) is 1. The van der Waals surface area contributed by atoms with Crippen molar-refractivity contribution in [3.63, 3.8) is 0 Å². The van der Waals surface area contributed by atoms with Gasteiger partial charge in [0, 0.05) is 5.56 Å². The first-order chi connectivity index (χ1) is 8.88. The molecular formula is C11H12F2N2O4. The molecular weight excluding hydrogens is 262 g/mol. The maximum atomic E-state index is 12.1. The van der Waals surface area contributed by atoms with Crippen LogP contribution >= 0.6 is 0 Å². The number of ether oxygens (including phenoxy) is 1. The van der Waals surface area contributed by atoms with Gasteiger partial charge in [-0.2, -0.15) is 0 Å². The van der Waals surface area contributed by atoms with E-state index in [9.17, 15) is 23.7 Å². The van der Waals surface area contributed by atoms with Crippen LogP contribution in [0.5, 0.6) is 0 Å². The topological polar surface area (TPSA) is 81.5 Å². The van der Waals surface area contributed by atoms with E-state index in [0.717, 1.165) is 7.11 Å². The third-order valence-corrected chi connectivity index (χ3v) is 2.47. The van der Waals surface area contributed by atoms with Crippen molar-refractivity contribution < 1.29 is 23.2 Å². The summed E-state index contributed by atoms with van der Waals surface area (Å²) in [5.74, 6) is -0.721. The zero-order chi connectivity index (χ0) is 14.6. The molecule has 1 aromatic carbocycles. The van der Waals surface area contributed by atoms with E-state index in [-0.39, 0.29) is 16.8 Å². The minimum absolute atomic E-state index is 0.0248. The van der Waals surface area contributed by atoms with Gasteiger partial charge in [0.1, 0.15) is 5.69 Å². The van der Waals surface area contributed by atoms with E-state index in [1.807, 2.05) is 0 Å². The van der Waals surface area contributed by atoms with Crippen molar-refractivity contribution in [2.24, 2.45) is 0 Å². The number of nitro groups is 1. The van der Waals surface area contributed by atoms with E-state index >= 15 is 0 Å². The minimum Gasteiger partial charge on any atom is -0.465 e. The second kappa shape index (κ2) is 6.07. The summed E-state index contributed by atoms with van der Waals surface area (Å²) in [6.45, 7) is 0.649. The highest BCUT2D eigenvalue weighted by Gasteiger charge is 2.23. The fourth-order valence-electron chi connectivity index (χ4n) is 1.60. The van der Waals surface area contributed by atoms with Crippen LogP contribution in [-0.2, 0) is 4.74 Å². The van der Waals surface area contributed by atoms with Crippen molar-refractivity contribution in [3.8, 4) is 0 Å². The molecule has 0 heterocycles. The standard InChI is InChI=1S/C11H12F2N2O4/c1-6-7(11(16)19-2)3-4-8(10(6)15(17)18)14-5-9(12)13/h3-4,9,14H,5H2,1-2H3. The summed E-state index contributed by atoms with van der Waals surface area (Å²) in [6, 6.07) is 2.50. The number of benzene rings is 1. The Kier molecular flexibility index (Phi) is 4.74. The van der Waals surface area contributed by atoms with Gasteiger partial charge in [-0.25, -0.2) is 13.6 Å². The molecule has 1 rings (SSSR count). The number of anilines is 1. The van der Waals surface area contributed by atoms with Crippen LogP contribution in [0.1, 0.15) is 15.9 Å². The summed E-state index contributed by atoms with van der Waals surface area (Å²) >= 11 is 0. The van der Waals surface area contributed by atoms with E-state index in [1.54, 1.807) is 0 Å². The summed E-state index contributed by atoms with van der Waals surface area (Å²) in [7, 11) is 1.15. The average Bonchev–Trinajstić information content (AvgIpc) is 2.34. The molecule has 0 radical (unpaired) electrons. The van der Waals surface area contributed by atoms with E-state index in [0.29, 0.717) is 0 Å². The predicted molar refractivity (Wildman–Crippen MR) is 63.7 cm³/mol. The summed E-state index contributed by atoms with van der Waals surface area (Å²) in [6.07, 6.45) is -2.64. The third kappa shape index (κ3) is 3.36. The van der Waals surface area contributed by atoms with Crippen molar-refractivity contribution in [1.82, 2.24) is 0 Å². The first kappa shape index (κ1) is 14.8. The second-order valence-corrected chi connectivity index (χ2v) is 3.65. The highest BCUT2D eigenvalue weighted by molar-refractivity contribution is 5.93. The number of nitro benzene ring substituents is 1. The number of halogens is 2. The van der Waals surface area contributed by atoms with Crippen molar-refractivity contribution in [1.29, 1.82) is 0 Å². The lowest BCUT2D eigenvalue weighted by Crippen LogP contribution is -2.13. The molecule has 0 saturated heterocycles. The smallest absolute Gasteiger partial charge is 0.338 e. The zero-order valence-electron chi connectivity index (χ0n) is 10.3. The predicted octanol–water partition coefficient (Wildman–Crippen LogP) is 2.37. The molecule has 0 unspecified atom stereocenters. The van der Waals surface area contributed by atoms with Gasteiger partial charge in [0.25, 0.3) is 12.1 Å². The number of carbonyl (C=O) groups is 1. The van der Waals surface area contributed by atoms with Crippen molar-refractivity contribution in [3.05, 3.63) is 33.4 Å². The zero-order valence-corrected chi connectivity index (χ0v) is 10.3. The summed E-state index contributed by atoms with van der Waals surface area (Å²) in [5.41, 5.74) is -0.382. The summed E-state index contributed by atoms with van der Waals surface area (Å²) in [5, 5.41) is 13.3. The summed E-state index contributed by atoms with van der Waals surface area (Å²) < 4.78 is 28.7. The Balaban J connectivity index is 3.24. The molecule has 0 bridgehead atoms. The minimum atomic E-state index is -2.64. The molecule has 1 aromatic rings. The summed E-state index contributed by atoms with van der Waals surface area (Å²) in [4.78, 5) is 21.7. The first-order valence-corrected chi connectivity index (χ1v) is 5.26. The van der Waals surface area contributed by atoms with Gasteiger partial charge >= 0.3 is 5.97 Å². The van der Waals surface area contributed by atoms with Gasteiger partial charge in [-0.15, -0.1) is 0 Å². The van der Waals surface area contributed by atoms with E-state index in [2.05, 4.69) is 10.1 Å². The molecule has 0 atom stereocenters. The molecule has 6 nitrogen and oxygen atoms in total. The van der Waals surface area contributed by atoms with Gasteiger partial charge in [0.15, 0.2) is 0 Å². The monoisotopic (exact) mass is 274 g/mol. The second-order valence-electron chi connectivity index (χ2n) is 3.65. The van der Waals surface area contributed by atoms with Crippen molar-refractivity contribution in [2.75, 3.05) is 19.0 Å². The van der Waals surface area contributed by atoms with E-state index < -0.39 is 29.6 Å². The molecule has 19 heavy (non-hydrogen) atoms. The van der Waals surface area contributed by atoms with E-state index in [4.69, 9.17) is 0 Å². The molecule has 0 saturated carbocycles. The Morgan fingerprint density at radius 2 is 2.16 bits per heavy atom. The van der Waals surface area contributed by atoms with Crippen LogP contribution in [0.3, 0.4) is 0 Å². The van der Waals surface area contributed by atoms with Gasteiger partial charge in [-0.3, -0.25) is 10.1 Å². The molecule has 0 aliphatic rings. The van der Waals surface area contributed by atoms with Crippen LogP contribution in [0.2, 0.25) is 0 Å². The van der Waals surface area contributed by atoms with E-state index in [1.165, 1.54) is 19.1 Å². The first-order valence-electron chi connectivity index (χ1n) is 5.26. The highest BCUT2D eigenvalue weighted by atomic mass is 19.3. The van der Waals surface area contributed by atoms with Crippen LogP contribution in [0.15, 0.2) is 12.1 Å². The molecule has 8 heteroatoms. The Morgan fingerprint density at radius 1 is 1.53 bits per heavy atom.